The van der Waals surface area contributed by atoms with E-state index in [1.54, 1.807) is 0 Å². The number of piperidine rings is 1. The second-order valence-electron chi connectivity index (χ2n) is 8.09. The minimum atomic E-state index is -0.448. The molecule has 1 aromatic carbocycles. The van der Waals surface area contributed by atoms with Gasteiger partial charge in [0.05, 0.1) is 5.41 Å². The molecular formula is C22H31N3O2. The highest BCUT2D eigenvalue weighted by Gasteiger charge is 2.43. The molecule has 1 aliphatic heterocycles. The van der Waals surface area contributed by atoms with Crippen molar-refractivity contribution in [1.29, 1.82) is 0 Å². The predicted molar refractivity (Wildman–Crippen MR) is 107 cm³/mol. The van der Waals surface area contributed by atoms with Crippen LogP contribution in [0.25, 0.3) is 11.3 Å². The number of nitrogens with one attached hydrogen (secondary N) is 1. The van der Waals surface area contributed by atoms with E-state index in [9.17, 15) is 4.79 Å². The molecule has 1 aromatic heterocycles. The first kappa shape index (κ1) is 19.6. The Bertz CT molecular complexity index is 741. The van der Waals surface area contributed by atoms with Gasteiger partial charge in [0.2, 0.25) is 5.91 Å². The minimum Gasteiger partial charge on any atom is -0.361 e. The molecule has 2 heterocycles. The van der Waals surface area contributed by atoms with Gasteiger partial charge >= 0.3 is 0 Å². The molecule has 0 bridgehead atoms. The summed E-state index contributed by atoms with van der Waals surface area (Å²) in [5.74, 6) is 1.51. The largest absolute Gasteiger partial charge is 0.361 e. The zero-order valence-corrected chi connectivity index (χ0v) is 16.7. The third-order valence-electron chi connectivity index (χ3n) is 5.24. The van der Waals surface area contributed by atoms with Gasteiger partial charge in [-0.2, -0.15) is 0 Å². The molecule has 27 heavy (non-hydrogen) atoms. The van der Waals surface area contributed by atoms with Gasteiger partial charge in [-0.15, -0.1) is 0 Å². The molecule has 1 aliphatic rings. The van der Waals surface area contributed by atoms with Crippen LogP contribution in [0, 0.1) is 11.3 Å². The molecule has 0 saturated carbocycles. The third kappa shape index (κ3) is 4.78. The number of likely N-dealkylation sites (tertiary alicyclic amines) is 1. The normalized spacial score (nSPS) is 20.7. The van der Waals surface area contributed by atoms with Crippen LogP contribution in [0.1, 0.15) is 39.4 Å². The van der Waals surface area contributed by atoms with Crippen molar-refractivity contribution < 1.29 is 9.32 Å². The third-order valence-corrected chi connectivity index (χ3v) is 5.24. The van der Waals surface area contributed by atoms with Gasteiger partial charge in [0.15, 0.2) is 0 Å². The number of benzene rings is 1. The average molecular weight is 370 g/mol. The summed E-state index contributed by atoms with van der Waals surface area (Å²) in [6, 6.07) is 12.0. The summed E-state index contributed by atoms with van der Waals surface area (Å²) in [7, 11) is 0. The van der Waals surface area contributed by atoms with E-state index in [1.165, 1.54) is 0 Å². The minimum absolute atomic E-state index is 0.135. The van der Waals surface area contributed by atoms with Gasteiger partial charge in [-0.1, -0.05) is 49.3 Å². The maximum absolute atomic E-state index is 13.0. The Morgan fingerprint density at radius 3 is 2.81 bits per heavy atom. The van der Waals surface area contributed by atoms with E-state index in [4.69, 9.17) is 4.52 Å². The van der Waals surface area contributed by atoms with Crippen molar-refractivity contribution in [3.63, 3.8) is 0 Å². The fraction of sp³-hybridized carbons (Fsp3) is 0.545. The molecule has 0 aliphatic carbocycles. The number of nitrogens with zero attached hydrogens (tertiary/aromatic N) is 2. The van der Waals surface area contributed by atoms with E-state index in [2.05, 4.69) is 29.2 Å². The van der Waals surface area contributed by atoms with Crippen LogP contribution >= 0.6 is 0 Å². The van der Waals surface area contributed by atoms with Crippen molar-refractivity contribution in [2.24, 2.45) is 11.3 Å². The lowest BCUT2D eigenvalue weighted by Gasteiger charge is -2.41. The van der Waals surface area contributed by atoms with Crippen LogP contribution in [-0.4, -0.2) is 42.1 Å². The molecule has 1 amide bonds. The van der Waals surface area contributed by atoms with Crippen molar-refractivity contribution in [2.75, 3.05) is 26.2 Å². The summed E-state index contributed by atoms with van der Waals surface area (Å²) in [5, 5.41) is 7.30. The SMILES string of the molecule is CCNC(=O)[C@]1(Cc2cc(-c3ccccc3)no2)CCCN(CC(C)C)C1. The Morgan fingerprint density at radius 2 is 2.11 bits per heavy atom. The maximum atomic E-state index is 13.0. The number of amides is 1. The summed E-state index contributed by atoms with van der Waals surface area (Å²) in [4.78, 5) is 15.5. The number of rotatable bonds is 7. The van der Waals surface area contributed by atoms with Crippen LogP contribution in [-0.2, 0) is 11.2 Å². The summed E-state index contributed by atoms with van der Waals surface area (Å²) in [5.41, 5.74) is 1.41. The average Bonchev–Trinajstić information content (AvgIpc) is 3.10. The number of aromatic nitrogens is 1. The second kappa shape index (κ2) is 8.70. The first-order valence-corrected chi connectivity index (χ1v) is 10.0. The zero-order chi connectivity index (χ0) is 19.3. The fourth-order valence-corrected chi connectivity index (χ4v) is 4.13. The summed E-state index contributed by atoms with van der Waals surface area (Å²) >= 11 is 0. The fourth-order valence-electron chi connectivity index (χ4n) is 4.13. The molecule has 1 N–H and O–H groups in total. The molecule has 1 saturated heterocycles. The molecule has 0 radical (unpaired) electrons. The van der Waals surface area contributed by atoms with Crippen molar-refractivity contribution >= 4 is 5.91 Å². The topological polar surface area (TPSA) is 58.4 Å². The van der Waals surface area contributed by atoms with Crippen LogP contribution in [0.15, 0.2) is 40.9 Å². The number of carbonyl (C=O) groups excluding carboxylic acids is 1. The monoisotopic (exact) mass is 369 g/mol. The highest BCUT2D eigenvalue weighted by molar-refractivity contribution is 5.83. The first-order valence-electron chi connectivity index (χ1n) is 10.0. The first-order chi connectivity index (χ1) is 13.0. The summed E-state index contributed by atoms with van der Waals surface area (Å²) in [6.45, 7) is 9.94. The van der Waals surface area contributed by atoms with Gasteiger partial charge in [0, 0.05) is 37.7 Å². The maximum Gasteiger partial charge on any atom is 0.227 e. The molecule has 0 spiro atoms. The van der Waals surface area contributed by atoms with E-state index >= 15 is 0 Å². The lowest BCUT2D eigenvalue weighted by atomic mass is 9.75. The number of hydrogen-bond acceptors (Lipinski definition) is 4. The second-order valence-corrected chi connectivity index (χ2v) is 8.09. The lowest BCUT2D eigenvalue weighted by Crippen LogP contribution is -2.53. The van der Waals surface area contributed by atoms with Crippen molar-refractivity contribution in [1.82, 2.24) is 15.4 Å². The highest BCUT2D eigenvalue weighted by atomic mass is 16.5. The van der Waals surface area contributed by atoms with Crippen molar-refractivity contribution in [3.05, 3.63) is 42.2 Å². The van der Waals surface area contributed by atoms with Gasteiger partial charge in [-0.3, -0.25) is 4.79 Å². The Kier molecular flexibility index (Phi) is 6.32. The summed E-state index contributed by atoms with van der Waals surface area (Å²) in [6.07, 6.45) is 2.51. The van der Waals surface area contributed by atoms with Gasteiger partial charge < -0.3 is 14.7 Å². The Labute approximate surface area is 162 Å². The summed E-state index contributed by atoms with van der Waals surface area (Å²) < 4.78 is 5.64. The smallest absolute Gasteiger partial charge is 0.227 e. The van der Waals surface area contributed by atoms with Crippen LogP contribution in [0.5, 0.6) is 0 Å². The predicted octanol–water partition coefficient (Wildman–Crippen LogP) is 3.76. The molecule has 0 unspecified atom stereocenters. The van der Waals surface area contributed by atoms with Crippen LogP contribution < -0.4 is 5.32 Å². The number of hydrogen-bond donors (Lipinski definition) is 1. The molecule has 146 valence electrons. The molecular weight excluding hydrogens is 338 g/mol. The van der Waals surface area contributed by atoms with Gasteiger partial charge in [-0.25, -0.2) is 0 Å². The Balaban J connectivity index is 1.82. The molecule has 5 nitrogen and oxygen atoms in total. The zero-order valence-electron chi connectivity index (χ0n) is 16.7. The van der Waals surface area contributed by atoms with E-state index in [0.717, 1.165) is 49.5 Å². The highest BCUT2D eigenvalue weighted by Crippen LogP contribution is 2.35. The van der Waals surface area contributed by atoms with Crippen molar-refractivity contribution in [3.8, 4) is 11.3 Å². The van der Waals surface area contributed by atoms with E-state index < -0.39 is 5.41 Å². The van der Waals surface area contributed by atoms with Gasteiger partial charge in [0.25, 0.3) is 0 Å². The van der Waals surface area contributed by atoms with Crippen LogP contribution in [0.4, 0.5) is 0 Å². The van der Waals surface area contributed by atoms with E-state index in [-0.39, 0.29) is 5.91 Å². The number of carbonyl (C=O) groups is 1. The van der Waals surface area contributed by atoms with Gasteiger partial charge in [-0.05, 0) is 32.2 Å². The molecule has 5 heteroatoms. The lowest BCUT2D eigenvalue weighted by molar-refractivity contribution is -0.134. The van der Waals surface area contributed by atoms with Gasteiger partial charge in [0.1, 0.15) is 11.5 Å². The quantitative estimate of drug-likeness (QED) is 0.807. The Hall–Kier alpha value is -2.14. The standard InChI is InChI=1S/C22H31N3O2/c1-4-23-21(26)22(11-8-12-25(16-22)15-17(2)3)14-19-13-20(24-27-19)18-9-6-5-7-10-18/h5-7,9-10,13,17H,4,8,11-12,14-16H2,1-3H3,(H,23,26)/t22-/m0/s1. The van der Waals surface area contributed by atoms with Crippen LogP contribution in [0.3, 0.4) is 0 Å². The molecule has 1 fully saturated rings. The van der Waals surface area contributed by atoms with Crippen molar-refractivity contribution in [2.45, 2.75) is 40.0 Å². The van der Waals surface area contributed by atoms with E-state index in [0.29, 0.717) is 18.9 Å². The molecule has 2 aromatic rings. The van der Waals surface area contributed by atoms with E-state index in [1.807, 2.05) is 43.3 Å². The molecule has 1 atom stereocenters. The Morgan fingerprint density at radius 1 is 1.33 bits per heavy atom. The van der Waals surface area contributed by atoms with Crippen LogP contribution in [0.2, 0.25) is 0 Å². The molecule has 3 rings (SSSR count).